The molecule has 1 N–H and O–H groups in total. The third-order valence-corrected chi connectivity index (χ3v) is 3.33. The summed E-state index contributed by atoms with van der Waals surface area (Å²) in [6.07, 6.45) is 11.3. The first-order valence-electron chi connectivity index (χ1n) is 7.59. The number of hydrogen-bond acceptors (Lipinski definition) is 3. The molecule has 2 aromatic rings. The summed E-state index contributed by atoms with van der Waals surface area (Å²) in [6.45, 7) is 4.32. The molecule has 1 heterocycles. The average molecular weight is 281 g/mol. The van der Waals surface area contributed by atoms with Gasteiger partial charge in [-0.3, -0.25) is 4.98 Å². The predicted octanol–water partition coefficient (Wildman–Crippen LogP) is 4.85. The topological polar surface area (TPSA) is 37.8 Å². The number of benzene rings is 1. The van der Waals surface area contributed by atoms with Gasteiger partial charge in [0.15, 0.2) is 0 Å². The Balaban J connectivity index is 1.99. The molecule has 0 aliphatic heterocycles. The van der Waals surface area contributed by atoms with Gasteiger partial charge in [0, 0.05) is 6.04 Å². The molecule has 0 unspecified atom stereocenters. The zero-order chi connectivity index (χ0) is 14.9. The van der Waals surface area contributed by atoms with Gasteiger partial charge in [-0.1, -0.05) is 56.2 Å². The lowest BCUT2D eigenvalue weighted by Gasteiger charge is -2.14. The number of anilines is 1. The molecule has 0 bridgehead atoms. The van der Waals surface area contributed by atoms with E-state index in [-0.39, 0.29) is 6.04 Å². The molecule has 1 atom stereocenters. The molecule has 0 amide bonds. The Bertz CT molecular complexity index is 564. The summed E-state index contributed by atoms with van der Waals surface area (Å²) in [5.41, 5.74) is 2.14. The van der Waals surface area contributed by atoms with Crippen LogP contribution < -0.4 is 5.32 Å². The van der Waals surface area contributed by atoms with Crippen molar-refractivity contribution in [3.05, 3.63) is 60.1 Å². The maximum absolute atomic E-state index is 4.58. The van der Waals surface area contributed by atoms with Gasteiger partial charge in [0.2, 0.25) is 0 Å². The fourth-order valence-corrected chi connectivity index (χ4v) is 2.10. The zero-order valence-corrected chi connectivity index (χ0v) is 12.8. The summed E-state index contributed by atoms with van der Waals surface area (Å²) >= 11 is 0. The Morgan fingerprint density at radius 3 is 2.76 bits per heavy atom. The molecular formula is C18H23N3. The highest BCUT2D eigenvalue weighted by molar-refractivity contribution is 5.47. The van der Waals surface area contributed by atoms with Gasteiger partial charge in [-0.25, -0.2) is 4.98 Å². The van der Waals surface area contributed by atoms with E-state index in [2.05, 4.69) is 47.3 Å². The van der Waals surface area contributed by atoms with E-state index in [9.17, 15) is 0 Å². The van der Waals surface area contributed by atoms with Gasteiger partial charge in [-0.05, 0) is 25.0 Å². The summed E-state index contributed by atoms with van der Waals surface area (Å²) < 4.78 is 0. The second-order valence-corrected chi connectivity index (χ2v) is 5.15. The molecule has 0 aliphatic rings. The second kappa shape index (κ2) is 8.20. The minimum atomic E-state index is 0.208. The smallest absolute Gasteiger partial charge is 0.145 e. The summed E-state index contributed by atoms with van der Waals surface area (Å²) in [7, 11) is 0. The maximum atomic E-state index is 4.58. The lowest BCUT2D eigenvalue weighted by Crippen LogP contribution is -2.08. The fourth-order valence-electron chi connectivity index (χ4n) is 2.10. The number of rotatable bonds is 7. The standard InChI is InChI=1S/C18H23N3/c1-3-4-5-9-12-17-13-19-14-18(21-17)20-15(2)16-10-7-6-8-11-16/h6-15H,3-5H2,1-2H3,(H,20,21)/b12-9+/t15-/m0/s1. The van der Waals surface area contributed by atoms with Gasteiger partial charge < -0.3 is 5.32 Å². The molecular weight excluding hydrogens is 258 g/mol. The van der Waals surface area contributed by atoms with Crippen molar-refractivity contribution < 1.29 is 0 Å². The normalized spacial score (nSPS) is 12.5. The zero-order valence-electron chi connectivity index (χ0n) is 12.8. The molecule has 3 nitrogen and oxygen atoms in total. The number of allylic oxidation sites excluding steroid dienone is 1. The van der Waals surface area contributed by atoms with Crippen molar-refractivity contribution in [1.29, 1.82) is 0 Å². The third-order valence-electron chi connectivity index (χ3n) is 3.33. The van der Waals surface area contributed by atoms with Gasteiger partial charge in [0.05, 0.1) is 18.1 Å². The number of hydrogen-bond donors (Lipinski definition) is 1. The van der Waals surface area contributed by atoms with Crippen LogP contribution in [0.5, 0.6) is 0 Å². The van der Waals surface area contributed by atoms with Crippen molar-refractivity contribution in [2.24, 2.45) is 0 Å². The number of nitrogens with zero attached hydrogens (tertiary/aromatic N) is 2. The van der Waals surface area contributed by atoms with Crippen LogP contribution in [0.1, 0.15) is 50.4 Å². The van der Waals surface area contributed by atoms with Gasteiger partial charge in [-0.2, -0.15) is 0 Å². The first-order chi connectivity index (χ1) is 10.3. The second-order valence-electron chi connectivity index (χ2n) is 5.15. The van der Waals surface area contributed by atoms with Gasteiger partial charge >= 0.3 is 0 Å². The predicted molar refractivity (Wildman–Crippen MR) is 89.1 cm³/mol. The highest BCUT2D eigenvalue weighted by atomic mass is 15.0. The maximum Gasteiger partial charge on any atom is 0.145 e. The first-order valence-corrected chi connectivity index (χ1v) is 7.59. The molecule has 0 radical (unpaired) electrons. The van der Waals surface area contributed by atoms with Crippen molar-refractivity contribution in [2.75, 3.05) is 5.32 Å². The molecule has 3 heteroatoms. The molecule has 2 rings (SSSR count). The van der Waals surface area contributed by atoms with Crippen LogP contribution in [0.2, 0.25) is 0 Å². The summed E-state index contributed by atoms with van der Waals surface area (Å²) in [6, 6.07) is 10.6. The van der Waals surface area contributed by atoms with E-state index in [1.807, 2.05) is 24.3 Å². The van der Waals surface area contributed by atoms with Crippen LogP contribution in [0.4, 0.5) is 5.82 Å². The van der Waals surface area contributed by atoms with Crippen LogP contribution in [-0.4, -0.2) is 9.97 Å². The number of aromatic nitrogens is 2. The monoisotopic (exact) mass is 281 g/mol. The van der Waals surface area contributed by atoms with E-state index < -0.39 is 0 Å². The van der Waals surface area contributed by atoms with Gasteiger partial charge in [-0.15, -0.1) is 0 Å². The van der Waals surface area contributed by atoms with E-state index in [1.165, 1.54) is 18.4 Å². The van der Waals surface area contributed by atoms with Crippen molar-refractivity contribution >= 4 is 11.9 Å². The quantitative estimate of drug-likeness (QED) is 0.737. The van der Waals surface area contributed by atoms with Crippen molar-refractivity contribution in [1.82, 2.24) is 9.97 Å². The molecule has 0 fully saturated rings. The van der Waals surface area contributed by atoms with E-state index >= 15 is 0 Å². The Morgan fingerprint density at radius 1 is 1.19 bits per heavy atom. The van der Waals surface area contributed by atoms with Crippen LogP contribution in [0.15, 0.2) is 48.8 Å². The largest absolute Gasteiger partial charge is 0.362 e. The molecule has 1 aromatic carbocycles. The highest BCUT2D eigenvalue weighted by Gasteiger charge is 2.05. The third kappa shape index (κ3) is 5.03. The summed E-state index contributed by atoms with van der Waals surface area (Å²) in [4.78, 5) is 8.83. The van der Waals surface area contributed by atoms with Gasteiger partial charge in [0.25, 0.3) is 0 Å². The molecule has 0 spiro atoms. The molecule has 21 heavy (non-hydrogen) atoms. The Labute approximate surface area is 127 Å². The molecule has 0 saturated heterocycles. The molecule has 0 aliphatic carbocycles. The van der Waals surface area contributed by atoms with Gasteiger partial charge in [0.1, 0.15) is 5.82 Å². The first kappa shape index (κ1) is 15.2. The Hall–Kier alpha value is -2.16. The van der Waals surface area contributed by atoms with Crippen LogP contribution in [0.25, 0.3) is 6.08 Å². The molecule has 0 saturated carbocycles. The van der Waals surface area contributed by atoms with E-state index in [1.54, 1.807) is 12.4 Å². The lowest BCUT2D eigenvalue weighted by atomic mass is 10.1. The van der Waals surface area contributed by atoms with Crippen LogP contribution in [0.3, 0.4) is 0 Å². The van der Waals surface area contributed by atoms with Crippen LogP contribution in [0, 0.1) is 0 Å². The Morgan fingerprint density at radius 2 is 2.00 bits per heavy atom. The minimum absolute atomic E-state index is 0.208. The summed E-state index contributed by atoms with van der Waals surface area (Å²) in [5.74, 6) is 0.809. The van der Waals surface area contributed by atoms with E-state index in [0.717, 1.165) is 17.9 Å². The van der Waals surface area contributed by atoms with Crippen LogP contribution in [-0.2, 0) is 0 Å². The highest BCUT2D eigenvalue weighted by Crippen LogP contribution is 2.17. The van der Waals surface area contributed by atoms with Crippen molar-refractivity contribution in [3.63, 3.8) is 0 Å². The lowest BCUT2D eigenvalue weighted by molar-refractivity contribution is 0.816. The van der Waals surface area contributed by atoms with Crippen molar-refractivity contribution in [2.45, 2.75) is 39.2 Å². The fraction of sp³-hybridized carbons (Fsp3) is 0.333. The number of nitrogens with one attached hydrogen (secondary N) is 1. The van der Waals surface area contributed by atoms with Crippen LogP contribution >= 0.6 is 0 Å². The SMILES string of the molecule is CCCC/C=C/c1cncc(N[C@@H](C)c2ccccc2)n1. The van der Waals surface area contributed by atoms with E-state index in [0.29, 0.717) is 0 Å². The number of unbranched alkanes of at least 4 members (excludes halogenated alkanes) is 2. The average Bonchev–Trinajstić information content (AvgIpc) is 2.53. The molecule has 1 aromatic heterocycles. The Kier molecular flexibility index (Phi) is 5.95. The van der Waals surface area contributed by atoms with Crippen molar-refractivity contribution in [3.8, 4) is 0 Å². The summed E-state index contributed by atoms with van der Waals surface area (Å²) in [5, 5.41) is 3.39. The van der Waals surface area contributed by atoms with E-state index in [4.69, 9.17) is 0 Å². The molecule has 110 valence electrons. The minimum Gasteiger partial charge on any atom is -0.362 e.